The van der Waals surface area contributed by atoms with E-state index in [1.54, 1.807) is 25.1 Å². The number of nitrogens with zero attached hydrogens (tertiary/aromatic N) is 2. The predicted molar refractivity (Wildman–Crippen MR) is 125 cm³/mol. The molecule has 0 spiro atoms. The van der Waals surface area contributed by atoms with Gasteiger partial charge in [-0.1, -0.05) is 49.4 Å². The Bertz CT molecular complexity index is 998. The minimum Gasteiger partial charge on any atom is -0.343 e. The summed E-state index contributed by atoms with van der Waals surface area (Å²) < 4.78 is 5.40. The van der Waals surface area contributed by atoms with Gasteiger partial charge in [0.15, 0.2) is 5.82 Å². The Balaban J connectivity index is 1.63. The van der Waals surface area contributed by atoms with Crippen molar-refractivity contribution < 1.29 is 18.9 Å². The van der Waals surface area contributed by atoms with Crippen molar-refractivity contribution in [3.8, 4) is 0 Å². The van der Waals surface area contributed by atoms with Gasteiger partial charge in [-0.15, -0.1) is 0 Å². The van der Waals surface area contributed by atoms with E-state index in [-0.39, 0.29) is 30.6 Å². The fraction of sp³-hybridized carbons (Fsp3) is 0.522. The summed E-state index contributed by atoms with van der Waals surface area (Å²) in [5.41, 5.74) is 0.336. The zero-order valence-electron chi connectivity index (χ0n) is 19.0. The highest BCUT2D eigenvalue weighted by Gasteiger charge is 2.38. The van der Waals surface area contributed by atoms with Crippen LogP contribution in [-0.4, -0.2) is 27.9 Å². The van der Waals surface area contributed by atoms with Crippen LogP contribution in [0.4, 0.5) is 11.4 Å². The first-order valence-electron chi connectivity index (χ1n) is 11.3. The summed E-state index contributed by atoms with van der Waals surface area (Å²) in [6.45, 7) is 3.25. The number of anilines is 2. The number of amides is 3. The van der Waals surface area contributed by atoms with E-state index in [1.807, 2.05) is 0 Å². The molecule has 0 bridgehead atoms. The van der Waals surface area contributed by atoms with Gasteiger partial charge in [0.25, 0.3) is 0 Å². The molecule has 0 radical (unpaired) electrons. The van der Waals surface area contributed by atoms with E-state index in [2.05, 4.69) is 26.1 Å². The van der Waals surface area contributed by atoms with Gasteiger partial charge in [0, 0.05) is 31.9 Å². The molecule has 33 heavy (non-hydrogen) atoms. The van der Waals surface area contributed by atoms with Gasteiger partial charge >= 0.3 is 0 Å². The van der Waals surface area contributed by atoms with Crippen molar-refractivity contribution in [2.24, 2.45) is 0 Å². The maximum Gasteiger partial charge on any atom is 0.227 e. The molecule has 1 fully saturated rings. The van der Waals surface area contributed by atoms with E-state index in [4.69, 9.17) is 16.1 Å². The minimum atomic E-state index is -0.622. The summed E-state index contributed by atoms with van der Waals surface area (Å²) in [5.74, 6) is 0.271. The lowest BCUT2D eigenvalue weighted by molar-refractivity contribution is -0.121. The number of hydrogen-bond donors (Lipinski definition) is 3. The Morgan fingerprint density at radius 2 is 1.82 bits per heavy atom. The van der Waals surface area contributed by atoms with Crippen LogP contribution in [0, 0.1) is 0 Å². The number of carbonyl (C=O) groups is 3. The van der Waals surface area contributed by atoms with Gasteiger partial charge in [-0.05, 0) is 31.0 Å². The fourth-order valence-corrected chi connectivity index (χ4v) is 4.17. The zero-order valence-corrected chi connectivity index (χ0v) is 19.8. The van der Waals surface area contributed by atoms with Gasteiger partial charge in [-0.25, -0.2) is 0 Å². The first kappa shape index (κ1) is 24.7. The predicted octanol–water partition coefficient (Wildman–Crippen LogP) is 4.33. The summed E-state index contributed by atoms with van der Waals surface area (Å²) >= 11 is 6.18. The third kappa shape index (κ3) is 6.77. The van der Waals surface area contributed by atoms with Crippen LogP contribution in [0.2, 0.25) is 5.02 Å². The third-order valence-electron chi connectivity index (χ3n) is 5.68. The molecule has 1 aliphatic carbocycles. The molecule has 1 aliphatic rings. The van der Waals surface area contributed by atoms with E-state index in [0.29, 0.717) is 34.5 Å². The second kappa shape index (κ2) is 11.3. The lowest BCUT2D eigenvalue weighted by atomic mass is 9.89. The average molecular weight is 476 g/mol. The molecule has 1 heterocycles. The summed E-state index contributed by atoms with van der Waals surface area (Å²) in [5, 5.41) is 13.0. The second-order valence-corrected chi connectivity index (χ2v) is 8.74. The maximum atomic E-state index is 12.5. The number of carbonyl (C=O) groups excluding carboxylic acids is 3. The monoisotopic (exact) mass is 475 g/mol. The molecule has 3 amide bonds. The molecule has 0 aliphatic heterocycles. The van der Waals surface area contributed by atoms with Crippen LogP contribution in [0.25, 0.3) is 0 Å². The van der Waals surface area contributed by atoms with Crippen molar-refractivity contribution in [3.05, 3.63) is 34.9 Å². The fourth-order valence-electron chi connectivity index (χ4n) is 4.01. The van der Waals surface area contributed by atoms with Gasteiger partial charge in [-0.2, -0.15) is 4.98 Å². The van der Waals surface area contributed by atoms with E-state index in [0.717, 1.165) is 38.5 Å². The van der Waals surface area contributed by atoms with Crippen molar-refractivity contribution in [2.75, 3.05) is 10.6 Å². The van der Waals surface area contributed by atoms with Crippen molar-refractivity contribution in [1.29, 1.82) is 0 Å². The highest BCUT2D eigenvalue weighted by Crippen LogP contribution is 2.34. The number of aromatic nitrogens is 2. The molecule has 3 rings (SSSR count). The maximum absolute atomic E-state index is 12.5. The van der Waals surface area contributed by atoms with E-state index in [9.17, 15) is 14.4 Å². The van der Waals surface area contributed by atoms with Gasteiger partial charge < -0.3 is 20.5 Å². The topological polar surface area (TPSA) is 126 Å². The highest BCUT2D eigenvalue weighted by molar-refractivity contribution is 6.33. The Kier molecular flexibility index (Phi) is 8.43. The van der Waals surface area contributed by atoms with Gasteiger partial charge in [0.1, 0.15) is 5.54 Å². The van der Waals surface area contributed by atoms with Gasteiger partial charge in [-0.3, -0.25) is 14.4 Å². The van der Waals surface area contributed by atoms with Crippen LogP contribution >= 0.6 is 11.6 Å². The Hall–Kier alpha value is -2.94. The van der Waals surface area contributed by atoms with E-state index in [1.165, 1.54) is 6.92 Å². The molecule has 3 N–H and O–H groups in total. The average Bonchev–Trinajstić information content (AvgIpc) is 3.14. The van der Waals surface area contributed by atoms with Crippen LogP contribution < -0.4 is 16.0 Å². The first-order chi connectivity index (χ1) is 15.8. The Morgan fingerprint density at radius 3 is 2.48 bits per heavy atom. The molecule has 9 nitrogen and oxygen atoms in total. The molecule has 178 valence electrons. The van der Waals surface area contributed by atoms with Crippen molar-refractivity contribution in [3.63, 3.8) is 0 Å². The highest BCUT2D eigenvalue weighted by atomic mass is 35.5. The molecule has 0 atom stereocenters. The molecule has 2 aromatic rings. The molecule has 0 saturated heterocycles. The van der Waals surface area contributed by atoms with E-state index >= 15 is 0 Å². The van der Waals surface area contributed by atoms with Gasteiger partial charge in [0.05, 0.1) is 10.7 Å². The summed E-state index contributed by atoms with van der Waals surface area (Å²) in [6, 6.07) is 4.90. The van der Waals surface area contributed by atoms with Crippen LogP contribution in [0.15, 0.2) is 22.7 Å². The van der Waals surface area contributed by atoms with Crippen LogP contribution in [0.1, 0.15) is 76.9 Å². The standard InChI is InChI=1S/C23H30ClN5O4/c1-3-19(31)25-16-8-9-17(24)18(14-16)26-20(32)10-11-21-27-22(29-33-21)23(28-15(2)30)12-6-4-5-7-13-23/h8-9,14H,3-7,10-13H2,1-2H3,(H,25,31)(H,26,32)(H,28,30). The summed E-state index contributed by atoms with van der Waals surface area (Å²) in [6.07, 6.45) is 6.40. The summed E-state index contributed by atoms with van der Waals surface area (Å²) in [7, 11) is 0. The van der Waals surface area contributed by atoms with Crippen molar-refractivity contribution >= 4 is 40.7 Å². The lowest BCUT2D eigenvalue weighted by Gasteiger charge is -2.30. The third-order valence-corrected chi connectivity index (χ3v) is 6.01. The smallest absolute Gasteiger partial charge is 0.227 e. The molecule has 1 saturated carbocycles. The number of aryl methyl sites for hydroxylation is 1. The lowest BCUT2D eigenvalue weighted by Crippen LogP contribution is -2.45. The minimum absolute atomic E-state index is 0.108. The molecule has 1 aromatic carbocycles. The van der Waals surface area contributed by atoms with Crippen molar-refractivity contribution in [2.45, 2.75) is 77.2 Å². The summed E-state index contributed by atoms with van der Waals surface area (Å²) in [4.78, 5) is 40.4. The molecule has 1 aromatic heterocycles. The molecule has 0 unspecified atom stereocenters. The van der Waals surface area contributed by atoms with Crippen molar-refractivity contribution in [1.82, 2.24) is 15.5 Å². The molecule has 10 heteroatoms. The first-order valence-corrected chi connectivity index (χ1v) is 11.7. The van der Waals surface area contributed by atoms with E-state index < -0.39 is 5.54 Å². The number of benzene rings is 1. The number of hydrogen-bond acceptors (Lipinski definition) is 6. The van der Waals surface area contributed by atoms with Gasteiger partial charge in [0.2, 0.25) is 23.6 Å². The van der Waals surface area contributed by atoms with Crippen LogP contribution in [0.5, 0.6) is 0 Å². The zero-order chi connectivity index (χ0) is 23.8. The molecular formula is C23H30ClN5O4. The quantitative estimate of drug-likeness (QED) is 0.488. The van der Waals surface area contributed by atoms with Crippen LogP contribution in [0.3, 0.4) is 0 Å². The number of halogens is 1. The van der Waals surface area contributed by atoms with Crippen LogP contribution in [-0.2, 0) is 26.3 Å². The normalized spacial score (nSPS) is 15.4. The SMILES string of the molecule is CCC(=O)Nc1ccc(Cl)c(NC(=O)CCc2nc(C3(NC(C)=O)CCCCCC3)no2)c1. The Labute approximate surface area is 198 Å². The number of rotatable bonds is 8. The Morgan fingerprint density at radius 1 is 1.09 bits per heavy atom. The second-order valence-electron chi connectivity index (χ2n) is 8.33. The molecular weight excluding hydrogens is 446 g/mol. The largest absolute Gasteiger partial charge is 0.343 e. The number of nitrogens with one attached hydrogen (secondary N) is 3.